The predicted octanol–water partition coefficient (Wildman–Crippen LogP) is 0.710. The first-order chi connectivity index (χ1) is 8.10. The minimum Gasteiger partial charge on any atom is -0.315 e. The Hall–Kier alpha value is -0.460. The quantitative estimate of drug-likeness (QED) is 0.880. The number of thiazole rings is 1. The minimum absolute atomic E-state index is 0.140. The van der Waals surface area contributed by atoms with Gasteiger partial charge in [-0.15, -0.1) is 11.3 Å². The normalized spacial score (nSPS) is 30.0. The maximum atomic E-state index is 11.6. The molecular formula is C11H16N2O2S2. The highest BCUT2D eigenvalue weighted by Gasteiger charge is 2.48. The standard InChI is InChI=1S/C11H16N2O2S2/c14-17(15)4-1-9(6-17)11(7-12-8-11)5-10-13-2-3-16-10/h2-3,9,12H,1,4-8H2. The number of hydrogen-bond donors (Lipinski definition) is 1. The van der Waals surface area contributed by atoms with Crippen LogP contribution in [0.3, 0.4) is 0 Å². The van der Waals surface area contributed by atoms with Crippen LogP contribution >= 0.6 is 11.3 Å². The summed E-state index contributed by atoms with van der Waals surface area (Å²) in [5, 5.41) is 6.42. The molecule has 0 saturated carbocycles. The van der Waals surface area contributed by atoms with Crippen LogP contribution in [0.5, 0.6) is 0 Å². The van der Waals surface area contributed by atoms with Crippen LogP contribution < -0.4 is 5.32 Å². The summed E-state index contributed by atoms with van der Waals surface area (Å²) in [6.07, 6.45) is 3.58. The maximum absolute atomic E-state index is 11.6. The molecule has 3 heterocycles. The van der Waals surface area contributed by atoms with Crippen LogP contribution in [0.25, 0.3) is 0 Å². The largest absolute Gasteiger partial charge is 0.315 e. The lowest BCUT2D eigenvalue weighted by atomic mass is 9.68. The molecule has 0 spiro atoms. The molecule has 0 bridgehead atoms. The van der Waals surface area contributed by atoms with Crippen molar-refractivity contribution in [3.05, 3.63) is 16.6 Å². The van der Waals surface area contributed by atoms with E-state index in [1.807, 2.05) is 11.6 Å². The van der Waals surface area contributed by atoms with E-state index in [-0.39, 0.29) is 5.41 Å². The van der Waals surface area contributed by atoms with Crippen molar-refractivity contribution < 1.29 is 8.42 Å². The lowest BCUT2D eigenvalue weighted by Gasteiger charge is -2.46. The molecule has 94 valence electrons. The van der Waals surface area contributed by atoms with Gasteiger partial charge >= 0.3 is 0 Å². The molecule has 4 nitrogen and oxygen atoms in total. The Labute approximate surface area is 105 Å². The van der Waals surface area contributed by atoms with Crippen LogP contribution in [0, 0.1) is 11.3 Å². The molecule has 1 unspecified atom stereocenters. The molecular weight excluding hydrogens is 256 g/mol. The summed E-state index contributed by atoms with van der Waals surface area (Å²) in [5.74, 6) is 1.06. The average Bonchev–Trinajstić information content (AvgIpc) is 2.81. The molecule has 1 N–H and O–H groups in total. The van der Waals surface area contributed by atoms with Gasteiger partial charge in [0.15, 0.2) is 9.84 Å². The lowest BCUT2D eigenvalue weighted by Crippen LogP contribution is -2.59. The highest BCUT2D eigenvalue weighted by atomic mass is 32.2. The van der Waals surface area contributed by atoms with Gasteiger partial charge in [-0.3, -0.25) is 0 Å². The van der Waals surface area contributed by atoms with Crippen molar-refractivity contribution in [1.82, 2.24) is 10.3 Å². The monoisotopic (exact) mass is 272 g/mol. The van der Waals surface area contributed by atoms with Crippen molar-refractivity contribution >= 4 is 21.2 Å². The van der Waals surface area contributed by atoms with Gasteiger partial charge in [0.1, 0.15) is 0 Å². The highest BCUT2D eigenvalue weighted by molar-refractivity contribution is 7.91. The van der Waals surface area contributed by atoms with Gasteiger partial charge in [-0.05, 0) is 12.3 Å². The van der Waals surface area contributed by atoms with Crippen molar-refractivity contribution in [3.8, 4) is 0 Å². The number of nitrogens with zero attached hydrogens (tertiary/aromatic N) is 1. The molecule has 2 aliphatic rings. The second-order valence-electron chi connectivity index (χ2n) is 5.17. The summed E-state index contributed by atoms with van der Waals surface area (Å²) in [7, 11) is -2.78. The van der Waals surface area contributed by atoms with E-state index >= 15 is 0 Å². The molecule has 2 fully saturated rings. The third-order valence-electron chi connectivity index (χ3n) is 4.04. The third kappa shape index (κ3) is 2.13. The van der Waals surface area contributed by atoms with Gasteiger partial charge in [0.25, 0.3) is 0 Å². The zero-order valence-electron chi connectivity index (χ0n) is 9.55. The number of nitrogens with one attached hydrogen (secondary N) is 1. The van der Waals surface area contributed by atoms with Gasteiger partial charge in [0, 0.05) is 36.5 Å². The first-order valence-electron chi connectivity index (χ1n) is 5.89. The van der Waals surface area contributed by atoms with E-state index in [9.17, 15) is 8.42 Å². The highest BCUT2D eigenvalue weighted by Crippen LogP contribution is 2.42. The van der Waals surface area contributed by atoms with Crippen LogP contribution in [0.4, 0.5) is 0 Å². The Balaban J connectivity index is 1.78. The van der Waals surface area contributed by atoms with E-state index in [1.165, 1.54) is 0 Å². The summed E-state index contributed by atoms with van der Waals surface area (Å²) in [4.78, 5) is 4.33. The molecule has 3 rings (SSSR count). The fraction of sp³-hybridized carbons (Fsp3) is 0.727. The molecule has 0 amide bonds. The summed E-state index contributed by atoms with van der Waals surface area (Å²) >= 11 is 1.67. The molecule has 0 radical (unpaired) electrons. The second kappa shape index (κ2) is 4.03. The zero-order valence-corrected chi connectivity index (χ0v) is 11.2. The lowest BCUT2D eigenvalue weighted by molar-refractivity contribution is 0.0924. The van der Waals surface area contributed by atoms with Gasteiger partial charge < -0.3 is 5.32 Å². The maximum Gasteiger partial charge on any atom is 0.150 e. The van der Waals surface area contributed by atoms with E-state index in [1.54, 1.807) is 11.3 Å². The Morgan fingerprint density at radius 2 is 2.35 bits per heavy atom. The smallest absolute Gasteiger partial charge is 0.150 e. The van der Waals surface area contributed by atoms with Gasteiger partial charge in [0.05, 0.1) is 16.5 Å². The summed E-state index contributed by atoms with van der Waals surface area (Å²) < 4.78 is 23.2. The van der Waals surface area contributed by atoms with Crippen molar-refractivity contribution in [2.75, 3.05) is 24.6 Å². The topological polar surface area (TPSA) is 59.1 Å². The first-order valence-corrected chi connectivity index (χ1v) is 8.59. The number of hydrogen-bond acceptors (Lipinski definition) is 5. The van der Waals surface area contributed by atoms with Gasteiger partial charge in [-0.2, -0.15) is 0 Å². The Morgan fingerprint density at radius 3 is 2.82 bits per heavy atom. The van der Waals surface area contributed by atoms with Gasteiger partial charge in [0.2, 0.25) is 0 Å². The van der Waals surface area contributed by atoms with Crippen LogP contribution in [-0.2, 0) is 16.3 Å². The van der Waals surface area contributed by atoms with Gasteiger partial charge in [-0.1, -0.05) is 0 Å². The molecule has 1 aromatic heterocycles. The van der Waals surface area contributed by atoms with Crippen LogP contribution in [0.15, 0.2) is 11.6 Å². The second-order valence-corrected chi connectivity index (χ2v) is 8.38. The molecule has 6 heteroatoms. The molecule has 1 aromatic rings. The number of aromatic nitrogens is 1. The SMILES string of the molecule is O=S1(=O)CCC(C2(Cc3nccs3)CNC2)C1. The van der Waals surface area contributed by atoms with E-state index in [2.05, 4.69) is 10.3 Å². The molecule has 17 heavy (non-hydrogen) atoms. The summed E-state index contributed by atoms with van der Waals surface area (Å²) in [6, 6.07) is 0. The van der Waals surface area contributed by atoms with Crippen molar-refractivity contribution in [1.29, 1.82) is 0 Å². The van der Waals surface area contributed by atoms with Crippen LogP contribution in [-0.4, -0.2) is 38.0 Å². The molecule has 2 saturated heterocycles. The predicted molar refractivity (Wildman–Crippen MR) is 67.9 cm³/mol. The molecule has 0 aliphatic carbocycles. The van der Waals surface area contributed by atoms with Crippen molar-refractivity contribution in [3.63, 3.8) is 0 Å². The molecule has 0 aromatic carbocycles. The zero-order chi connectivity index (χ0) is 11.9. The van der Waals surface area contributed by atoms with Crippen LogP contribution in [0.1, 0.15) is 11.4 Å². The Morgan fingerprint density at radius 1 is 1.53 bits per heavy atom. The third-order valence-corrected chi connectivity index (χ3v) is 6.59. The minimum atomic E-state index is -2.78. The molecule has 2 aliphatic heterocycles. The van der Waals surface area contributed by atoms with Crippen LogP contribution in [0.2, 0.25) is 0 Å². The Kier molecular flexibility index (Phi) is 2.76. The first kappa shape index (κ1) is 11.6. The van der Waals surface area contributed by atoms with E-state index in [4.69, 9.17) is 0 Å². The molecule has 1 atom stereocenters. The number of rotatable bonds is 3. The van der Waals surface area contributed by atoms with E-state index in [0.29, 0.717) is 17.4 Å². The Bertz CT molecular complexity index is 492. The number of sulfone groups is 1. The van der Waals surface area contributed by atoms with E-state index in [0.717, 1.165) is 30.9 Å². The van der Waals surface area contributed by atoms with Crippen molar-refractivity contribution in [2.24, 2.45) is 11.3 Å². The fourth-order valence-corrected chi connectivity index (χ4v) is 5.64. The van der Waals surface area contributed by atoms with Crippen molar-refractivity contribution in [2.45, 2.75) is 12.8 Å². The average molecular weight is 272 g/mol. The summed E-state index contributed by atoms with van der Waals surface area (Å²) in [6.45, 7) is 1.87. The van der Waals surface area contributed by atoms with E-state index < -0.39 is 9.84 Å². The van der Waals surface area contributed by atoms with Gasteiger partial charge in [-0.25, -0.2) is 13.4 Å². The fourth-order valence-electron chi connectivity index (χ4n) is 2.92. The summed E-state index contributed by atoms with van der Waals surface area (Å²) in [5.41, 5.74) is 0.140.